The fourth-order valence-electron chi connectivity index (χ4n) is 1.59. The molecular weight excluding hydrogens is 212 g/mol. The van der Waals surface area contributed by atoms with Gasteiger partial charge < -0.3 is 9.84 Å². The van der Waals surface area contributed by atoms with E-state index in [1.807, 2.05) is 20.0 Å². The van der Waals surface area contributed by atoms with E-state index in [1.54, 1.807) is 0 Å². The zero-order valence-corrected chi connectivity index (χ0v) is 9.56. The molecule has 1 aromatic carbocycles. The van der Waals surface area contributed by atoms with Gasteiger partial charge in [0.05, 0.1) is 10.7 Å². The van der Waals surface area contributed by atoms with E-state index in [0.29, 0.717) is 10.6 Å². The van der Waals surface area contributed by atoms with Crippen LogP contribution in [0.3, 0.4) is 0 Å². The van der Waals surface area contributed by atoms with Gasteiger partial charge >= 0.3 is 0 Å². The standard InChI is InChI=1S/C11H13ClN2O/c1-7-9-5-8(3-4-13-2)6-10(12)11(9)15-14-7/h5-6,13H,3-4H2,1-2H3. The topological polar surface area (TPSA) is 38.1 Å². The predicted molar refractivity (Wildman–Crippen MR) is 61.4 cm³/mol. The van der Waals surface area contributed by atoms with Gasteiger partial charge in [-0.05, 0) is 44.6 Å². The van der Waals surface area contributed by atoms with Gasteiger partial charge in [-0.15, -0.1) is 0 Å². The molecule has 3 nitrogen and oxygen atoms in total. The first kappa shape index (κ1) is 10.5. The molecule has 1 heterocycles. The number of likely N-dealkylation sites (N-methyl/N-ethyl adjacent to an activating group) is 1. The van der Waals surface area contributed by atoms with Crippen molar-refractivity contribution in [1.82, 2.24) is 10.5 Å². The minimum absolute atomic E-state index is 0.638. The first-order valence-corrected chi connectivity index (χ1v) is 5.29. The van der Waals surface area contributed by atoms with Gasteiger partial charge in [0.2, 0.25) is 0 Å². The van der Waals surface area contributed by atoms with Crippen LogP contribution in [-0.2, 0) is 6.42 Å². The molecule has 4 heteroatoms. The molecule has 0 atom stereocenters. The highest BCUT2D eigenvalue weighted by Crippen LogP contribution is 2.27. The lowest BCUT2D eigenvalue weighted by Crippen LogP contribution is -2.10. The molecule has 1 N–H and O–H groups in total. The third-order valence-electron chi connectivity index (χ3n) is 2.43. The van der Waals surface area contributed by atoms with Crippen LogP contribution < -0.4 is 5.32 Å². The number of fused-ring (bicyclic) bond motifs is 1. The smallest absolute Gasteiger partial charge is 0.185 e. The van der Waals surface area contributed by atoms with Gasteiger partial charge in [0.1, 0.15) is 0 Å². The zero-order chi connectivity index (χ0) is 10.8. The first-order chi connectivity index (χ1) is 7.22. The van der Waals surface area contributed by atoms with Crippen LogP contribution in [0.2, 0.25) is 5.02 Å². The Morgan fingerprint density at radius 3 is 3.00 bits per heavy atom. The number of nitrogens with zero attached hydrogens (tertiary/aromatic N) is 1. The average Bonchev–Trinajstić information content (AvgIpc) is 2.58. The van der Waals surface area contributed by atoms with Crippen molar-refractivity contribution < 1.29 is 4.52 Å². The van der Waals surface area contributed by atoms with Crippen LogP contribution in [0, 0.1) is 6.92 Å². The predicted octanol–water partition coefficient (Wildman–Crippen LogP) is 2.55. The quantitative estimate of drug-likeness (QED) is 0.871. The van der Waals surface area contributed by atoms with Gasteiger partial charge in [-0.1, -0.05) is 16.8 Å². The number of aryl methyl sites for hydroxylation is 1. The van der Waals surface area contributed by atoms with Crippen LogP contribution in [0.4, 0.5) is 0 Å². The second-order valence-electron chi connectivity index (χ2n) is 3.58. The Balaban J connectivity index is 2.45. The summed E-state index contributed by atoms with van der Waals surface area (Å²) in [7, 11) is 1.94. The van der Waals surface area contributed by atoms with Gasteiger partial charge in [-0.25, -0.2) is 0 Å². The average molecular weight is 225 g/mol. The highest BCUT2D eigenvalue weighted by atomic mass is 35.5. The summed E-state index contributed by atoms with van der Waals surface area (Å²) in [6, 6.07) is 4.02. The maximum Gasteiger partial charge on any atom is 0.185 e. The molecule has 0 fully saturated rings. The van der Waals surface area contributed by atoms with Crippen LogP contribution in [0.1, 0.15) is 11.3 Å². The van der Waals surface area contributed by atoms with Gasteiger partial charge in [0.15, 0.2) is 5.58 Å². The summed E-state index contributed by atoms with van der Waals surface area (Å²) in [5.74, 6) is 0. The lowest BCUT2D eigenvalue weighted by Gasteiger charge is -2.01. The third kappa shape index (κ3) is 1.98. The number of aromatic nitrogens is 1. The number of hydrogen-bond acceptors (Lipinski definition) is 3. The lowest BCUT2D eigenvalue weighted by molar-refractivity contribution is 0.450. The Labute approximate surface area is 93.4 Å². The van der Waals surface area contributed by atoms with Crippen LogP contribution in [0.15, 0.2) is 16.7 Å². The van der Waals surface area contributed by atoms with Crippen LogP contribution in [0.25, 0.3) is 11.0 Å². The van der Waals surface area contributed by atoms with Gasteiger partial charge in [-0.2, -0.15) is 0 Å². The molecule has 15 heavy (non-hydrogen) atoms. The molecule has 0 radical (unpaired) electrons. The minimum Gasteiger partial charge on any atom is -0.354 e. The largest absolute Gasteiger partial charge is 0.354 e. The second-order valence-corrected chi connectivity index (χ2v) is 3.98. The Bertz CT molecular complexity index is 479. The van der Waals surface area contributed by atoms with E-state index in [-0.39, 0.29) is 0 Å². The van der Waals surface area contributed by atoms with Crippen molar-refractivity contribution in [1.29, 1.82) is 0 Å². The monoisotopic (exact) mass is 224 g/mol. The van der Waals surface area contributed by atoms with E-state index < -0.39 is 0 Å². The van der Waals surface area contributed by atoms with Gasteiger partial charge in [0.25, 0.3) is 0 Å². The van der Waals surface area contributed by atoms with Crippen LogP contribution >= 0.6 is 11.6 Å². The van der Waals surface area contributed by atoms with E-state index in [0.717, 1.165) is 24.0 Å². The van der Waals surface area contributed by atoms with Crippen molar-refractivity contribution in [2.75, 3.05) is 13.6 Å². The molecule has 2 rings (SSSR count). The highest BCUT2D eigenvalue weighted by Gasteiger charge is 2.09. The summed E-state index contributed by atoms with van der Waals surface area (Å²) >= 11 is 6.10. The molecule has 0 bridgehead atoms. The second kappa shape index (κ2) is 4.21. The Hall–Kier alpha value is -1.06. The van der Waals surface area contributed by atoms with Crippen molar-refractivity contribution in [2.45, 2.75) is 13.3 Å². The SMILES string of the molecule is CNCCc1cc(Cl)c2onc(C)c2c1. The molecule has 0 saturated heterocycles. The molecule has 80 valence electrons. The third-order valence-corrected chi connectivity index (χ3v) is 2.71. The number of halogens is 1. The highest BCUT2D eigenvalue weighted by molar-refractivity contribution is 6.34. The fourth-order valence-corrected chi connectivity index (χ4v) is 1.86. The maximum absolute atomic E-state index is 6.10. The van der Waals surface area contributed by atoms with Crippen LogP contribution in [0.5, 0.6) is 0 Å². The fraction of sp³-hybridized carbons (Fsp3) is 0.364. The van der Waals surface area contributed by atoms with E-state index in [9.17, 15) is 0 Å². The van der Waals surface area contributed by atoms with Crippen molar-refractivity contribution in [3.05, 3.63) is 28.4 Å². The normalized spacial score (nSPS) is 11.1. The molecule has 0 amide bonds. The summed E-state index contributed by atoms with van der Waals surface area (Å²) in [6.45, 7) is 2.86. The first-order valence-electron chi connectivity index (χ1n) is 4.91. The van der Waals surface area contributed by atoms with E-state index in [2.05, 4.69) is 16.5 Å². The van der Waals surface area contributed by atoms with Crippen molar-refractivity contribution in [2.24, 2.45) is 0 Å². The minimum atomic E-state index is 0.638. The number of rotatable bonds is 3. The van der Waals surface area contributed by atoms with Crippen molar-refractivity contribution >= 4 is 22.6 Å². The van der Waals surface area contributed by atoms with Gasteiger partial charge in [0, 0.05) is 5.39 Å². The molecule has 0 spiro atoms. The van der Waals surface area contributed by atoms with E-state index in [4.69, 9.17) is 16.1 Å². The Morgan fingerprint density at radius 1 is 1.47 bits per heavy atom. The van der Waals surface area contributed by atoms with E-state index in [1.165, 1.54) is 5.56 Å². The Kier molecular flexibility index (Phi) is 2.93. The molecular formula is C11H13ClN2O. The summed E-state index contributed by atoms with van der Waals surface area (Å²) in [6.07, 6.45) is 0.955. The van der Waals surface area contributed by atoms with Crippen molar-refractivity contribution in [3.63, 3.8) is 0 Å². The molecule has 0 saturated carbocycles. The molecule has 0 aliphatic rings. The summed E-state index contributed by atoms with van der Waals surface area (Å²) in [5.41, 5.74) is 2.77. The summed E-state index contributed by atoms with van der Waals surface area (Å²) in [5, 5.41) is 8.66. The number of nitrogens with one attached hydrogen (secondary N) is 1. The lowest BCUT2D eigenvalue weighted by atomic mass is 10.1. The summed E-state index contributed by atoms with van der Waals surface area (Å²) < 4.78 is 5.14. The molecule has 0 unspecified atom stereocenters. The maximum atomic E-state index is 6.10. The molecule has 2 aromatic rings. The van der Waals surface area contributed by atoms with Gasteiger partial charge in [-0.3, -0.25) is 0 Å². The molecule has 1 aromatic heterocycles. The van der Waals surface area contributed by atoms with Crippen molar-refractivity contribution in [3.8, 4) is 0 Å². The van der Waals surface area contributed by atoms with E-state index >= 15 is 0 Å². The Morgan fingerprint density at radius 2 is 2.27 bits per heavy atom. The number of hydrogen-bond donors (Lipinski definition) is 1. The number of benzene rings is 1. The van der Waals surface area contributed by atoms with Crippen LogP contribution in [-0.4, -0.2) is 18.7 Å². The molecule has 0 aliphatic carbocycles. The summed E-state index contributed by atoms with van der Waals surface area (Å²) in [4.78, 5) is 0. The molecule has 0 aliphatic heterocycles. The zero-order valence-electron chi connectivity index (χ0n) is 8.80.